The summed E-state index contributed by atoms with van der Waals surface area (Å²) >= 11 is 7.25. The van der Waals surface area contributed by atoms with Gasteiger partial charge >= 0.3 is 6.36 Å². The molecule has 10 heteroatoms. The van der Waals surface area contributed by atoms with Crippen molar-refractivity contribution in [2.45, 2.75) is 17.6 Å². The third-order valence-electron chi connectivity index (χ3n) is 3.47. The smallest absolute Gasteiger partial charge is 0.406 e. The molecule has 0 radical (unpaired) electrons. The lowest BCUT2D eigenvalue weighted by molar-refractivity contribution is -0.274. The van der Waals surface area contributed by atoms with Gasteiger partial charge in [-0.15, -0.1) is 23.4 Å². The summed E-state index contributed by atoms with van der Waals surface area (Å²) in [7, 11) is 0. The highest BCUT2D eigenvalue weighted by Crippen LogP contribution is 2.28. The minimum atomic E-state index is -4.75. The van der Waals surface area contributed by atoms with Crippen molar-refractivity contribution in [2.75, 3.05) is 5.75 Å². The number of nitrogens with zero attached hydrogens (tertiary/aromatic N) is 3. The lowest BCUT2D eigenvalue weighted by Crippen LogP contribution is -2.17. The quantitative estimate of drug-likeness (QED) is 0.594. The van der Waals surface area contributed by atoms with Gasteiger partial charge < -0.3 is 9.84 Å². The number of hydrogen-bond acceptors (Lipinski definition) is 5. The van der Waals surface area contributed by atoms with Crippen molar-refractivity contribution in [3.63, 3.8) is 0 Å². The number of aliphatic hydroxyl groups is 1. The average Bonchev–Trinajstić information content (AvgIpc) is 3.07. The number of halogens is 4. The van der Waals surface area contributed by atoms with E-state index in [1.807, 2.05) is 6.07 Å². The van der Waals surface area contributed by atoms with E-state index in [0.717, 1.165) is 17.8 Å². The Morgan fingerprint density at radius 3 is 2.59 bits per heavy atom. The van der Waals surface area contributed by atoms with E-state index in [1.165, 1.54) is 30.2 Å². The molecular weight excluding hydrogens is 403 g/mol. The number of rotatable bonds is 6. The first-order chi connectivity index (χ1) is 12.8. The highest BCUT2D eigenvalue weighted by molar-refractivity contribution is 7.99. The molecule has 0 aliphatic rings. The number of ether oxygens (including phenoxy) is 1. The molecule has 0 bridgehead atoms. The van der Waals surface area contributed by atoms with Crippen LogP contribution in [0.1, 0.15) is 11.7 Å². The second kappa shape index (κ2) is 8.20. The SMILES string of the molecule is OC(CSc1nncn1-c1cccc(Cl)c1)c1ccc(OC(F)(F)F)cc1. The summed E-state index contributed by atoms with van der Waals surface area (Å²) in [6, 6.07) is 12.2. The van der Waals surface area contributed by atoms with Crippen molar-refractivity contribution in [3.8, 4) is 11.4 Å². The lowest BCUT2D eigenvalue weighted by Gasteiger charge is -2.13. The summed E-state index contributed by atoms with van der Waals surface area (Å²) in [5.74, 6) is -0.106. The molecule has 0 aliphatic heterocycles. The average molecular weight is 416 g/mol. The molecule has 1 unspecified atom stereocenters. The Hall–Kier alpha value is -2.23. The van der Waals surface area contributed by atoms with Crippen LogP contribution in [0.25, 0.3) is 5.69 Å². The number of alkyl halides is 3. The molecule has 0 saturated heterocycles. The van der Waals surface area contributed by atoms with Crippen LogP contribution in [0.3, 0.4) is 0 Å². The zero-order valence-corrected chi connectivity index (χ0v) is 15.2. The van der Waals surface area contributed by atoms with Crippen LogP contribution in [0.4, 0.5) is 13.2 Å². The Labute approximate surface area is 161 Å². The normalized spacial score (nSPS) is 12.8. The Kier molecular flexibility index (Phi) is 5.93. The maximum Gasteiger partial charge on any atom is 0.573 e. The van der Waals surface area contributed by atoms with E-state index in [9.17, 15) is 18.3 Å². The standard InChI is InChI=1S/C17H13ClF3N3O2S/c18-12-2-1-3-13(8-12)24-10-22-23-16(24)27-9-15(25)11-4-6-14(7-5-11)26-17(19,20)21/h1-8,10,15,25H,9H2. The molecule has 1 N–H and O–H groups in total. The van der Waals surface area contributed by atoms with Crippen LogP contribution in [0, 0.1) is 0 Å². The summed E-state index contributed by atoms with van der Waals surface area (Å²) in [5, 5.41) is 19.3. The van der Waals surface area contributed by atoms with Gasteiger partial charge in [-0.05, 0) is 35.9 Å². The van der Waals surface area contributed by atoms with Gasteiger partial charge in [0.15, 0.2) is 5.16 Å². The number of aliphatic hydroxyl groups excluding tert-OH is 1. The molecule has 1 atom stereocenters. The van der Waals surface area contributed by atoms with E-state index < -0.39 is 12.5 Å². The van der Waals surface area contributed by atoms with Crippen LogP contribution in [0.2, 0.25) is 5.02 Å². The van der Waals surface area contributed by atoms with Crippen LogP contribution >= 0.6 is 23.4 Å². The monoisotopic (exact) mass is 415 g/mol. The van der Waals surface area contributed by atoms with Gasteiger partial charge in [-0.25, -0.2) is 0 Å². The van der Waals surface area contributed by atoms with Crippen LogP contribution in [0.5, 0.6) is 5.75 Å². The second-order valence-electron chi connectivity index (χ2n) is 5.41. The highest BCUT2D eigenvalue weighted by atomic mass is 35.5. The molecular formula is C17H13ClF3N3O2S. The van der Waals surface area contributed by atoms with Gasteiger partial charge in [0.25, 0.3) is 0 Å². The molecule has 0 aliphatic carbocycles. The summed E-state index contributed by atoms with van der Waals surface area (Å²) in [6.07, 6.45) is -4.12. The summed E-state index contributed by atoms with van der Waals surface area (Å²) in [5.41, 5.74) is 1.24. The molecule has 1 heterocycles. The van der Waals surface area contributed by atoms with Crippen molar-refractivity contribution >= 4 is 23.4 Å². The van der Waals surface area contributed by atoms with E-state index in [4.69, 9.17) is 11.6 Å². The van der Waals surface area contributed by atoms with E-state index in [-0.39, 0.29) is 11.5 Å². The van der Waals surface area contributed by atoms with Crippen molar-refractivity contribution in [3.05, 3.63) is 65.4 Å². The van der Waals surface area contributed by atoms with Crippen molar-refractivity contribution in [2.24, 2.45) is 0 Å². The fraction of sp³-hybridized carbons (Fsp3) is 0.176. The molecule has 3 aromatic rings. The van der Waals surface area contributed by atoms with Gasteiger partial charge in [-0.3, -0.25) is 4.57 Å². The Morgan fingerprint density at radius 2 is 1.93 bits per heavy atom. The van der Waals surface area contributed by atoms with Gasteiger partial charge in [0.05, 0.1) is 11.8 Å². The number of benzene rings is 2. The fourth-order valence-electron chi connectivity index (χ4n) is 2.27. The third kappa shape index (κ3) is 5.38. The first kappa shape index (κ1) is 19.5. The second-order valence-corrected chi connectivity index (χ2v) is 6.83. The predicted molar refractivity (Wildman–Crippen MR) is 95.2 cm³/mol. The molecule has 3 rings (SSSR count). The zero-order valence-electron chi connectivity index (χ0n) is 13.6. The van der Waals surface area contributed by atoms with Crippen LogP contribution < -0.4 is 4.74 Å². The van der Waals surface area contributed by atoms with Gasteiger partial charge in [0.1, 0.15) is 12.1 Å². The van der Waals surface area contributed by atoms with Crippen LogP contribution in [-0.2, 0) is 0 Å². The number of hydrogen-bond donors (Lipinski definition) is 1. The largest absolute Gasteiger partial charge is 0.573 e. The van der Waals surface area contributed by atoms with Gasteiger partial charge in [-0.2, -0.15) is 0 Å². The van der Waals surface area contributed by atoms with Crippen molar-refractivity contribution in [1.82, 2.24) is 14.8 Å². The molecule has 27 heavy (non-hydrogen) atoms. The molecule has 0 spiro atoms. The van der Waals surface area contributed by atoms with E-state index >= 15 is 0 Å². The molecule has 0 saturated carbocycles. The zero-order chi connectivity index (χ0) is 19.4. The third-order valence-corrected chi connectivity index (χ3v) is 4.73. The van der Waals surface area contributed by atoms with Gasteiger partial charge in [0, 0.05) is 10.8 Å². The van der Waals surface area contributed by atoms with E-state index in [2.05, 4.69) is 14.9 Å². The molecule has 0 amide bonds. The molecule has 5 nitrogen and oxygen atoms in total. The maximum atomic E-state index is 12.2. The predicted octanol–water partition coefficient (Wildman–Crippen LogP) is 4.65. The Bertz CT molecular complexity index is 903. The molecule has 2 aromatic carbocycles. The Morgan fingerprint density at radius 1 is 1.19 bits per heavy atom. The first-order valence-electron chi connectivity index (χ1n) is 7.64. The summed E-state index contributed by atoms with van der Waals surface area (Å²) in [4.78, 5) is 0. The summed E-state index contributed by atoms with van der Waals surface area (Å²) < 4.78 is 42.1. The van der Waals surface area contributed by atoms with Crippen LogP contribution in [-0.4, -0.2) is 32.0 Å². The van der Waals surface area contributed by atoms with Gasteiger partial charge in [-0.1, -0.05) is 41.6 Å². The Balaban J connectivity index is 1.65. The van der Waals surface area contributed by atoms with Gasteiger partial charge in [0.2, 0.25) is 0 Å². The minimum Gasteiger partial charge on any atom is -0.406 e. The first-order valence-corrected chi connectivity index (χ1v) is 9.01. The molecule has 0 fully saturated rings. The van der Waals surface area contributed by atoms with Crippen molar-refractivity contribution in [1.29, 1.82) is 0 Å². The topological polar surface area (TPSA) is 60.2 Å². The number of thioether (sulfide) groups is 1. The van der Waals surface area contributed by atoms with Crippen LogP contribution in [0.15, 0.2) is 60.0 Å². The number of aromatic nitrogens is 3. The minimum absolute atomic E-state index is 0.235. The highest BCUT2D eigenvalue weighted by Gasteiger charge is 2.31. The van der Waals surface area contributed by atoms with E-state index in [1.54, 1.807) is 22.8 Å². The molecule has 142 valence electrons. The van der Waals surface area contributed by atoms with E-state index in [0.29, 0.717) is 15.7 Å². The molecule has 1 aromatic heterocycles. The lowest BCUT2D eigenvalue weighted by atomic mass is 10.1. The summed E-state index contributed by atoms with van der Waals surface area (Å²) in [6.45, 7) is 0. The maximum absolute atomic E-state index is 12.2. The van der Waals surface area contributed by atoms with Crippen molar-refractivity contribution < 1.29 is 23.0 Å². The fourth-order valence-corrected chi connectivity index (χ4v) is 3.35.